The van der Waals surface area contributed by atoms with Gasteiger partial charge >= 0.3 is 6.09 Å². The molecule has 2 aliphatic carbocycles. The number of amides is 1. The van der Waals surface area contributed by atoms with Crippen molar-refractivity contribution in [2.24, 2.45) is 22.9 Å². The van der Waals surface area contributed by atoms with Gasteiger partial charge in [0.1, 0.15) is 0 Å². The number of alkyl halides is 1. The molecule has 0 aromatic rings. The Morgan fingerprint density at radius 1 is 1.69 bits per heavy atom. The maximum atomic E-state index is 10.9. The third-order valence-corrected chi connectivity index (χ3v) is 3.86. The first kappa shape index (κ1) is 11.2. The molecule has 0 heterocycles. The molecule has 1 amide bonds. The summed E-state index contributed by atoms with van der Waals surface area (Å²) in [6, 6.07) is 2.25. The zero-order valence-electron chi connectivity index (χ0n) is 8.81. The summed E-state index contributed by atoms with van der Waals surface area (Å²) in [6.45, 7) is 0. The minimum atomic E-state index is -0.618. The Bertz CT molecular complexity index is 377. The van der Waals surface area contributed by atoms with Crippen LogP contribution in [0.3, 0.4) is 0 Å². The highest BCUT2D eigenvalue weighted by molar-refractivity contribution is 6.33. The molecule has 0 aromatic carbocycles. The van der Waals surface area contributed by atoms with Crippen LogP contribution in [0.5, 0.6) is 0 Å². The highest BCUT2D eigenvalue weighted by Crippen LogP contribution is 2.48. The van der Waals surface area contributed by atoms with Crippen molar-refractivity contribution in [3.8, 4) is 6.07 Å². The maximum Gasteiger partial charge on any atom is 0.433 e. The number of carbonyl (C=O) groups excluding carboxylic acids is 1. The molecule has 2 bridgehead atoms. The second kappa shape index (κ2) is 4.30. The lowest BCUT2D eigenvalue weighted by Crippen LogP contribution is -2.29. The predicted molar refractivity (Wildman–Crippen MR) is 57.9 cm³/mol. The van der Waals surface area contributed by atoms with Gasteiger partial charge in [0.2, 0.25) is 0 Å². The number of nitrogens with one attached hydrogen (secondary N) is 1. The molecule has 0 unspecified atom stereocenters. The van der Waals surface area contributed by atoms with Gasteiger partial charge in [-0.3, -0.25) is 4.84 Å². The average Bonchev–Trinajstić information content (AvgIpc) is 2.84. The Hall–Kier alpha value is -1.28. The van der Waals surface area contributed by atoms with Gasteiger partial charge in [0, 0.05) is 13.0 Å². The molecule has 1 N–H and O–H groups in total. The van der Waals surface area contributed by atoms with E-state index in [-0.39, 0.29) is 17.2 Å². The molecule has 0 aliphatic heterocycles. The van der Waals surface area contributed by atoms with Crippen LogP contribution in [0, 0.1) is 29.1 Å². The van der Waals surface area contributed by atoms with Crippen LogP contribution in [-0.2, 0) is 4.84 Å². The first-order chi connectivity index (χ1) is 7.67. The number of carbonyl (C=O) groups is 1. The van der Waals surface area contributed by atoms with E-state index in [0.29, 0.717) is 11.6 Å². The van der Waals surface area contributed by atoms with E-state index in [4.69, 9.17) is 16.9 Å². The Kier molecular flexibility index (Phi) is 3.01. The topological polar surface area (TPSA) is 74.5 Å². The predicted octanol–water partition coefficient (Wildman–Crippen LogP) is 1.49. The van der Waals surface area contributed by atoms with E-state index in [9.17, 15) is 4.79 Å². The summed E-state index contributed by atoms with van der Waals surface area (Å²) in [5.74, 6) is 0.317. The van der Waals surface area contributed by atoms with Gasteiger partial charge < -0.3 is 5.32 Å². The fourth-order valence-corrected chi connectivity index (χ4v) is 2.90. The van der Waals surface area contributed by atoms with Crippen LogP contribution in [0.4, 0.5) is 4.79 Å². The minimum Gasteiger partial charge on any atom is -0.323 e. The summed E-state index contributed by atoms with van der Waals surface area (Å²) in [6.07, 6.45) is 1.09. The van der Waals surface area contributed by atoms with E-state index in [2.05, 4.69) is 21.4 Å². The SMILES string of the molecule is CNC(=O)O/N=C1\[C@H]2C[C@H](C[C@H]2C#N)[C@H]1Cl. The normalized spacial score (nSPS) is 38.4. The van der Waals surface area contributed by atoms with Gasteiger partial charge in [0.25, 0.3) is 0 Å². The molecule has 5 nitrogen and oxygen atoms in total. The molecule has 16 heavy (non-hydrogen) atoms. The molecule has 0 aromatic heterocycles. The summed E-state index contributed by atoms with van der Waals surface area (Å²) < 4.78 is 0. The van der Waals surface area contributed by atoms with Gasteiger partial charge in [0.05, 0.1) is 23.1 Å². The number of hydrogen-bond acceptors (Lipinski definition) is 4. The zero-order chi connectivity index (χ0) is 11.7. The zero-order valence-corrected chi connectivity index (χ0v) is 9.57. The molecular formula is C10H12ClN3O2. The van der Waals surface area contributed by atoms with Crippen molar-refractivity contribution >= 4 is 23.4 Å². The third kappa shape index (κ3) is 1.74. The van der Waals surface area contributed by atoms with E-state index in [1.165, 1.54) is 7.05 Å². The van der Waals surface area contributed by atoms with Crippen LogP contribution in [-0.4, -0.2) is 24.2 Å². The van der Waals surface area contributed by atoms with E-state index in [0.717, 1.165) is 12.8 Å². The van der Waals surface area contributed by atoms with Crippen LogP contribution >= 0.6 is 11.6 Å². The van der Waals surface area contributed by atoms with Gasteiger partial charge in [-0.1, -0.05) is 5.16 Å². The molecular weight excluding hydrogens is 230 g/mol. The Morgan fingerprint density at radius 3 is 3.00 bits per heavy atom. The number of nitrogens with zero attached hydrogens (tertiary/aromatic N) is 2. The lowest BCUT2D eigenvalue weighted by molar-refractivity contribution is 0.152. The van der Waals surface area contributed by atoms with Crippen molar-refractivity contribution in [1.29, 1.82) is 5.26 Å². The monoisotopic (exact) mass is 241 g/mol. The van der Waals surface area contributed by atoms with Gasteiger partial charge in [0.15, 0.2) is 0 Å². The molecule has 0 spiro atoms. The van der Waals surface area contributed by atoms with Crippen molar-refractivity contribution in [3.63, 3.8) is 0 Å². The van der Waals surface area contributed by atoms with Crippen molar-refractivity contribution in [2.45, 2.75) is 18.2 Å². The van der Waals surface area contributed by atoms with Crippen LogP contribution in [0.15, 0.2) is 5.16 Å². The quantitative estimate of drug-likeness (QED) is 0.429. The van der Waals surface area contributed by atoms with Crippen LogP contribution < -0.4 is 5.32 Å². The van der Waals surface area contributed by atoms with E-state index < -0.39 is 6.09 Å². The number of oxime groups is 1. The van der Waals surface area contributed by atoms with Gasteiger partial charge in [-0.05, 0) is 18.8 Å². The van der Waals surface area contributed by atoms with Crippen LogP contribution in [0.1, 0.15) is 12.8 Å². The third-order valence-electron chi connectivity index (χ3n) is 3.28. The first-order valence-electron chi connectivity index (χ1n) is 5.17. The van der Waals surface area contributed by atoms with Crippen molar-refractivity contribution in [1.82, 2.24) is 5.32 Å². The largest absolute Gasteiger partial charge is 0.433 e. The standard InChI is InChI=1S/C10H12ClN3O2/c1-13-10(15)16-14-9-7-3-5(8(9)11)2-6(7)4-12/h5-8H,2-3H2,1H3,(H,13,15)/b14-9+/t5-,6-,7-,8+/m0/s1. The first-order valence-corrected chi connectivity index (χ1v) is 5.61. The lowest BCUT2D eigenvalue weighted by atomic mass is 9.88. The van der Waals surface area contributed by atoms with Crippen LogP contribution in [0.2, 0.25) is 0 Å². The Balaban J connectivity index is 2.10. The molecule has 86 valence electrons. The molecule has 2 fully saturated rings. The number of halogens is 1. The molecule has 2 saturated carbocycles. The lowest BCUT2D eigenvalue weighted by Gasteiger charge is -2.20. The van der Waals surface area contributed by atoms with E-state index in [1.54, 1.807) is 0 Å². The van der Waals surface area contributed by atoms with Crippen molar-refractivity contribution in [2.75, 3.05) is 7.05 Å². The van der Waals surface area contributed by atoms with Crippen molar-refractivity contribution in [3.05, 3.63) is 0 Å². The summed E-state index contributed by atoms with van der Waals surface area (Å²) in [4.78, 5) is 15.5. The van der Waals surface area contributed by atoms with Gasteiger partial charge in [-0.25, -0.2) is 4.79 Å². The van der Waals surface area contributed by atoms with Gasteiger partial charge in [-0.15, -0.1) is 11.6 Å². The average molecular weight is 242 g/mol. The molecule has 0 radical (unpaired) electrons. The smallest absolute Gasteiger partial charge is 0.323 e. The summed E-state index contributed by atoms with van der Waals surface area (Å²) in [5.41, 5.74) is 0.646. The number of fused-ring (bicyclic) bond motifs is 2. The summed E-state index contributed by atoms with van der Waals surface area (Å²) >= 11 is 6.17. The van der Waals surface area contributed by atoms with Crippen molar-refractivity contribution < 1.29 is 9.63 Å². The molecule has 2 rings (SSSR count). The highest BCUT2D eigenvalue weighted by atomic mass is 35.5. The van der Waals surface area contributed by atoms with E-state index in [1.807, 2.05) is 0 Å². The number of hydrogen-bond donors (Lipinski definition) is 1. The number of nitriles is 1. The fraction of sp³-hybridized carbons (Fsp3) is 0.700. The Labute approximate surface area is 98.4 Å². The Morgan fingerprint density at radius 2 is 2.44 bits per heavy atom. The highest BCUT2D eigenvalue weighted by Gasteiger charge is 2.50. The van der Waals surface area contributed by atoms with E-state index >= 15 is 0 Å². The van der Waals surface area contributed by atoms with Crippen LogP contribution in [0.25, 0.3) is 0 Å². The molecule has 0 saturated heterocycles. The molecule has 2 aliphatic rings. The second-order valence-electron chi connectivity index (χ2n) is 4.12. The molecule has 4 atom stereocenters. The summed E-state index contributed by atoms with van der Waals surface area (Å²) in [7, 11) is 1.46. The maximum absolute atomic E-state index is 10.9. The van der Waals surface area contributed by atoms with Gasteiger partial charge in [-0.2, -0.15) is 5.26 Å². The minimum absolute atomic E-state index is 0.0352. The number of rotatable bonds is 1. The summed E-state index contributed by atoms with van der Waals surface area (Å²) in [5, 5.41) is 14.8. The molecule has 6 heteroatoms. The fourth-order valence-electron chi connectivity index (χ4n) is 2.49. The second-order valence-corrected chi connectivity index (χ2v) is 4.59.